The quantitative estimate of drug-likeness (QED) is 0.785. The lowest BCUT2D eigenvalue weighted by atomic mass is 10.2. The van der Waals surface area contributed by atoms with E-state index in [1.54, 1.807) is 12.1 Å². The van der Waals surface area contributed by atoms with Crippen molar-refractivity contribution in [1.29, 1.82) is 0 Å². The Kier molecular flexibility index (Phi) is 2.28. The summed E-state index contributed by atoms with van der Waals surface area (Å²) in [4.78, 5) is 0. The fourth-order valence-corrected chi connectivity index (χ4v) is 1.42. The highest BCUT2D eigenvalue weighted by Gasteiger charge is 2.02. The fourth-order valence-electron chi connectivity index (χ4n) is 1.04. The second-order valence-corrected chi connectivity index (χ2v) is 3.52. The molecule has 0 amide bonds. The van der Waals surface area contributed by atoms with Crippen LogP contribution in [0.25, 0.3) is 0 Å². The van der Waals surface area contributed by atoms with Crippen molar-refractivity contribution in [2.45, 2.75) is 6.92 Å². The molecule has 2 aromatic rings. The van der Waals surface area contributed by atoms with Crippen LogP contribution in [0, 0.1) is 6.92 Å². The molecule has 1 heterocycles. The number of phenols is 1. The van der Waals surface area contributed by atoms with Gasteiger partial charge >= 0.3 is 0 Å². The van der Waals surface area contributed by atoms with Gasteiger partial charge in [0.05, 0.1) is 0 Å². The maximum atomic E-state index is 9.28. The fraction of sp³-hybridized carbons (Fsp3) is 0.125. The lowest BCUT2D eigenvalue weighted by Crippen LogP contribution is -1.92. The molecular weight excluding hydrogens is 200 g/mol. The third-order valence-corrected chi connectivity index (χ3v) is 2.27. The molecule has 1 aromatic heterocycles. The van der Waals surface area contributed by atoms with Gasteiger partial charge in [-0.3, -0.25) is 0 Å². The normalized spacial score (nSPS) is 10.1. The highest BCUT2D eigenvalue weighted by atomic mass is 32.1. The van der Waals surface area contributed by atoms with Gasteiger partial charge in [-0.15, -0.1) is 0 Å². The number of hydrogen-bond acceptors (Lipinski definition) is 6. The zero-order valence-electron chi connectivity index (χ0n) is 7.43. The van der Waals surface area contributed by atoms with Gasteiger partial charge in [0, 0.05) is 23.3 Å². The summed E-state index contributed by atoms with van der Waals surface area (Å²) in [5.41, 5.74) is 1.83. The van der Waals surface area contributed by atoms with Gasteiger partial charge in [-0.05, 0) is 23.8 Å². The molecule has 0 aliphatic heterocycles. The summed E-state index contributed by atoms with van der Waals surface area (Å²) in [6.45, 7) is 1.94. The molecule has 0 atom stereocenters. The van der Waals surface area contributed by atoms with Crippen LogP contribution >= 0.6 is 11.5 Å². The second kappa shape index (κ2) is 3.59. The van der Waals surface area contributed by atoms with E-state index in [0.29, 0.717) is 5.13 Å². The molecule has 0 aliphatic carbocycles. The molecule has 0 fully saturated rings. The molecule has 2 N–H and O–H groups in total. The zero-order valence-corrected chi connectivity index (χ0v) is 8.25. The number of phenolic OH excluding ortho intramolecular Hbond substituents is 1. The number of rotatable bonds is 2. The molecule has 0 bridgehead atoms. The Morgan fingerprint density at radius 3 is 3.00 bits per heavy atom. The van der Waals surface area contributed by atoms with Crippen molar-refractivity contribution in [3.63, 3.8) is 0 Å². The molecule has 6 heteroatoms. The Hall–Kier alpha value is -1.69. The van der Waals surface area contributed by atoms with Gasteiger partial charge in [0.15, 0.2) is 0 Å². The Morgan fingerprint density at radius 2 is 2.29 bits per heavy atom. The first-order valence-corrected chi connectivity index (χ1v) is 4.75. The van der Waals surface area contributed by atoms with E-state index in [1.807, 2.05) is 13.0 Å². The number of nitrogens with one attached hydrogen (secondary N) is 1. The second-order valence-electron chi connectivity index (χ2n) is 2.79. The highest BCUT2D eigenvalue weighted by molar-refractivity contribution is 7.09. The van der Waals surface area contributed by atoms with Crippen LogP contribution in [0.1, 0.15) is 5.56 Å². The summed E-state index contributed by atoms with van der Waals surface area (Å²) in [6, 6.07) is 5.10. The third kappa shape index (κ3) is 1.80. The Balaban J connectivity index is 2.28. The molecule has 1 aromatic carbocycles. The number of hydrogen-bond donors (Lipinski definition) is 2. The predicted octanol–water partition coefficient (Wildman–Crippen LogP) is 1.69. The number of aromatic hydroxyl groups is 1. The number of aryl methyl sites for hydroxylation is 1. The van der Waals surface area contributed by atoms with E-state index in [4.69, 9.17) is 0 Å². The molecule has 0 saturated heterocycles. The first-order chi connectivity index (χ1) is 6.75. The van der Waals surface area contributed by atoms with Gasteiger partial charge in [-0.2, -0.15) is 0 Å². The first kappa shape index (κ1) is 8.89. The van der Waals surface area contributed by atoms with Crippen LogP contribution in [-0.2, 0) is 0 Å². The molecule has 0 radical (unpaired) electrons. The van der Waals surface area contributed by atoms with Gasteiger partial charge in [-0.25, -0.2) is 0 Å². The number of benzene rings is 1. The van der Waals surface area contributed by atoms with E-state index >= 15 is 0 Å². The van der Waals surface area contributed by atoms with Crippen molar-refractivity contribution in [3.05, 3.63) is 23.8 Å². The zero-order chi connectivity index (χ0) is 9.97. The van der Waals surface area contributed by atoms with Gasteiger partial charge in [0.2, 0.25) is 5.13 Å². The summed E-state index contributed by atoms with van der Waals surface area (Å²) in [5.74, 6) is 0.218. The van der Waals surface area contributed by atoms with E-state index in [9.17, 15) is 5.11 Å². The van der Waals surface area contributed by atoms with Gasteiger partial charge in [0.25, 0.3) is 0 Å². The van der Waals surface area contributed by atoms with Gasteiger partial charge < -0.3 is 10.4 Å². The largest absolute Gasteiger partial charge is 0.508 e. The first-order valence-electron chi connectivity index (χ1n) is 3.97. The predicted molar refractivity (Wildman–Crippen MR) is 53.8 cm³/mol. The molecule has 0 unspecified atom stereocenters. The highest BCUT2D eigenvalue weighted by Crippen LogP contribution is 2.24. The smallest absolute Gasteiger partial charge is 0.229 e. The lowest BCUT2D eigenvalue weighted by molar-refractivity contribution is 0.475. The summed E-state index contributed by atoms with van der Waals surface area (Å²) >= 11 is 1.17. The molecule has 0 spiro atoms. The molecule has 0 aliphatic rings. The van der Waals surface area contributed by atoms with Crippen LogP contribution in [0.4, 0.5) is 10.8 Å². The van der Waals surface area contributed by atoms with Crippen LogP contribution in [0.15, 0.2) is 18.2 Å². The summed E-state index contributed by atoms with van der Waals surface area (Å²) in [5, 5.41) is 20.1. The van der Waals surface area contributed by atoms with Crippen molar-refractivity contribution in [2.24, 2.45) is 0 Å². The van der Waals surface area contributed by atoms with Crippen molar-refractivity contribution in [1.82, 2.24) is 14.8 Å². The molecule has 72 valence electrons. The van der Waals surface area contributed by atoms with Crippen molar-refractivity contribution < 1.29 is 5.11 Å². The van der Waals surface area contributed by atoms with Gasteiger partial charge in [0.1, 0.15) is 5.75 Å². The molecule has 5 nitrogen and oxygen atoms in total. The minimum atomic E-state index is 0.218. The lowest BCUT2D eigenvalue weighted by Gasteiger charge is -2.05. The number of anilines is 2. The van der Waals surface area contributed by atoms with Crippen LogP contribution in [0.2, 0.25) is 0 Å². The molecule has 0 saturated carbocycles. The maximum absolute atomic E-state index is 9.28. The van der Waals surface area contributed by atoms with E-state index in [-0.39, 0.29) is 5.75 Å². The van der Waals surface area contributed by atoms with E-state index in [1.165, 1.54) is 11.5 Å². The summed E-state index contributed by atoms with van der Waals surface area (Å²) in [6.07, 6.45) is 0. The average molecular weight is 208 g/mol. The molecule has 14 heavy (non-hydrogen) atoms. The van der Waals surface area contributed by atoms with Crippen molar-refractivity contribution in [3.8, 4) is 5.75 Å². The molecule has 2 rings (SSSR count). The summed E-state index contributed by atoms with van der Waals surface area (Å²) in [7, 11) is 0. The Labute approximate surface area is 84.6 Å². The Bertz CT molecular complexity index is 429. The van der Waals surface area contributed by atoms with Crippen LogP contribution in [0.3, 0.4) is 0 Å². The van der Waals surface area contributed by atoms with Crippen LogP contribution < -0.4 is 5.32 Å². The summed E-state index contributed by atoms with van der Waals surface area (Å²) < 4.78 is 3.63. The van der Waals surface area contributed by atoms with Crippen LogP contribution in [-0.4, -0.2) is 19.9 Å². The van der Waals surface area contributed by atoms with E-state index < -0.39 is 0 Å². The van der Waals surface area contributed by atoms with E-state index in [2.05, 4.69) is 20.1 Å². The van der Waals surface area contributed by atoms with Gasteiger partial charge in [-0.1, -0.05) is 15.7 Å². The minimum Gasteiger partial charge on any atom is -0.508 e. The van der Waals surface area contributed by atoms with E-state index in [0.717, 1.165) is 11.3 Å². The third-order valence-electron chi connectivity index (χ3n) is 1.76. The average Bonchev–Trinajstić information content (AvgIpc) is 2.64. The molecular formula is C8H8N4OS. The minimum absolute atomic E-state index is 0.218. The topological polar surface area (TPSA) is 70.9 Å². The standard InChI is InChI=1S/C8H8N4OS/c1-5-2-3-6(13)4-7(5)9-8-10-11-12-14-8/h2-4,13H,1H3,(H,9,10,12). The van der Waals surface area contributed by atoms with Crippen molar-refractivity contribution in [2.75, 3.05) is 5.32 Å². The number of aromatic nitrogens is 3. The maximum Gasteiger partial charge on any atom is 0.229 e. The van der Waals surface area contributed by atoms with Crippen molar-refractivity contribution >= 4 is 22.4 Å². The Morgan fingerprint density at radius 1 is 1.43 bits per heavy atom. The monoisotopic (exact) mass is 208 g/mol. The SMILES string of the molecule is Cc1ccc(O)cc1Nc1nnns1. The van der Waals surface area contributed by atoms with Crippen LogP contribution in [0.5, 0.6) is 5.75 Å². The number of nitrogens with zero attached hydrogens (tertiary/aromatic N) is 3.